The SMILES string of the molecule is CCCCCNC(=S)NNC(=O)c1ccc(OC)cc1F. The predicted molar refractivity (Wildman–Crippen MR) is 83.7 cm³/mol. The first-order valence-electron chi connectivity index (χ1n) is 6.76. The van der Waals surface area contributed by atoms with Gasteiger partial charge in [-0.3, -0.25) is 15.6 Å². The molecular weight excluding hydrogens is 293 g/mol. The smallest absolute Gasteiger partial charge is 0.272 e. The molecule has 0 radical (unpaired) electrons. The quantitative estimate of drug-likeness (QED) is 0.427. The summed E-state index contributed by atoms with van der Waals surface area (Å²) >= 11 is 4.99. The molecule has 0 heterocycles. The first-order chi connectivity index (χ1) is 10.1. The molecule has 1 rings (SSSR count). The minimum Gasteiger partial charge on any atom is -0.497 e. The Morgan fingerprint density at radius 2 is 2.10 bits per heavy atom. The summed E-state index contributed by atoms with van der Waals surface area (Å²) in [5, 5.41) is 3.25. The van der Waals surface area contributed by atoms with Gasteiger partial charge in [-0.25, -0.2) is 4.39 Å². The molecule has 0 saturated carbocycles. The van der Waals surface area contributed by atoms with Gasteiger partial charge >= 0.3 is 0 Å². The van der Waals surface area contributed by atoms with Crippen LogP contribution in [0.3, 0.4) is 0 Å². The van der Waals surface area contributed by atoms with E-state index in [-0.39, 0.29) is 5.56 Å². The summed E-state index contributed by atoms with van der Waals surface area (Å²) < 4.78 is 18.6. The summed E-state index contributed by atoms with van der Waals surface area (Å²) in [5.41, 5.74) is 4.79. The van der Waals surface area contributed by atoms with Gasteiger partial charge in [-0.2, -0.15) is 0 Å². The Kier molecular flexibility index (Phi) is 7.45. The minimum absolute atomic E-state index is 0.0860. The van der Waals surface area contributed by atoms with E-state index in [1.165, 1.54) is 19.2 Å². The Morgan fingerprint density at radius 1 is 1.33 bits per heavy atom. The van der Waals surface area contributed by atoms with Crippen LogP contribution in [0.1, 0.15) is 36.5 Å². The van der Waals surface area contributed by atoms with E-state index < -0.39 is 11.7 Å². The van der Waals surface area contributed by atoms with Crippen LogP contribution in [0.25, 0.3) is 0 Å². The number of hydrazine groups is 1. The molecule has 0 fully saturated rings. The number of carbonyl (C=O) groups is 1. The molecule has 0 saturated heterocycles. The van der Waals surface area contributed by atoms with Crippen molar-refractivity contribution in [2.24, 2.45) is 0 Å². The molecule has 0 atom stereocenters. The number of carbonyl (C=O) groups excluding carboxylic acids is 1. The van der Waals surface area contributed by atoms with Crippen LogP contribution >= 0.6 is 12.2 Å². The summed E-state index contributed by atoms with van der Waals surface area (Å²) in [6.45, 7) is 2.84. The third kappa shape index (κ3) is 5.95. The molecule has 0 aliphatic carbocycles. The molecular formula is C14H20FN3O2S. The van der Waals surface area contributed by atoms with Gasteiger partial charge < -0.3 is 10.1 Å². The van der Waals surface area contributed by atoms with Crippen LogP contribution < -0.4 is 20.9 Å². The van der Waals surface area contributed by atoms with Crippen LogP contribution in [0.2, 0.25) is 0 Å². The van der Waals surface area contributed by atoms with Gasteiger partial charge in [-0.1, -0.05) is 19.8 Å². The van der Waals surface area contributed by atoms with Gasteiger partial charge in [0.1, 0.15) is 11.6 Å². The third-order valence-electron chi connectivity index (χ3n) is 2.78. The van der Waals surface area contributed by atoms with Gasteiger partial charge in [-0.15, -0.1) is 0 Å². The van der Waals surface area contributed by atoms with E-state index in [9.17, 15) is 9.18 Å². The summed E-state index contributed by atoms with van der Waals surface area (Å²) in [6.07, 6.45) is 3.23. The van der Waals surface area contributed by atoms with E-state index >= 15 is 0 Å². The van der Waals surface area contributed by atoms with Crippen LogP contribution in [-0.2, 0) is 0 Å². The van der Waals surface area contributed by atoms with Gasteiger partial charge in [0.25, 0.3) is 5.91 Å². The number of halogens is 1. The number of methoxy groups -OCH3 is 1. The number of nitrogens with one attached hydrogen (secondary N) is 3. The summed E-state index contributed by atoms with van der Waals surface area (Å²) in [7, 11) is 1.43. The fourth-order valence-electron chi connectivity index (χ4n) is 1.61. The fraction of sp³-hybridized carbons (Fsp3) is 0.429. The number of rotatable bonds is 6. The number of amides is 1. The van der Waals surface area contributed by atoms with Crippen molar-refractivity contribution in [3.05, 3.63) is 29.6 Å². The van der Waals surface area contributed by atoms with Crippen molar-refractivity contribution in [3.8, 4) is 5.75 Å². The highest BCUT2D eigenvalue weighted by atomic mass is 32.1. The molecule has 21 heavy (non-hydrogen) atoms. The van der Waals surface area contributed by atoms with E-state index in [1.807, 2.05) is 0 Å². The lowest BCUT2D eigenvalue weighted by Crippen LogP contribution is -2.47. The van der Waals surface area contributed by atoms with Crippen LogP contribution in [0.15, 0.2) is 18.2 Å². The van der Waals surface area contributed by atoms with E-state index in [4.69, 9.17) is 17.0 Å². The van der Waals surface area contributed by atoms with Crippen LogP contribution in [0.5, 0.6) is 5.75 Å². The fourth-order valence-corrected chi connectivity index (χ4v) is 1.76. The van der Waals surface area contributed by atoms with Crippen molar-refractivity contribution in [2.75, 3.05) is 13.7 Å². The second-order valence-corrected chi connectivity index (χ2v) is 4.80. The second-order valence-electron chi connectivity index (χ2n) is 4.39. The highest BCUT2D eigenvalue weighted by molar-refractivity contribution is 7.80. The lowest BCUT2D eigenvalue weighted by molar-refractivity contribution is 0.0939. The van der Waals surface area contributed by atoms with Gasteiger partial charge in [0, 0.05) is 12.6 Å². The Bertz CT molecular complexity index is 497. The van der Waals surface area contributed by atoms with Crippen molar-refractivity contribution in [1.82, 2.24) is 16.2 Å². The normalized spacial score (nSPS) is 9.86. The molecule has 1 aromatic rings. The maximum absolute atomic E-state index is 13.7. The number of benzene rings is 1. The zero-order chi connectivity index (χ0) is 15.7. The van der Waals surface area contributed by atoms with Gasteiger partial charge in [-0.05, 0) is 30.8 Å². The van der Waals surface area contributed by atoms with Crippen molar-refractivity contribution >= 4 is 23.2 Å². The standard InChI is InChI=1S/C14H20FN3O2S/c1-3-4-5-8-16-14(21)18-17-13(19)11-7-6-10(20-2)9-12(11)15/h6-7,9H,3-5,8H2,1-2H3,(H,17,19)(H2,16,18,21). The zero-order valence-corrected chi connectivity index (χ0v) is 13.0. The van der Waals surface area contributed by atoms with Gasteiger partial charge in [0.15, 0.2) is 5.11 Å². The molecule has 3 N–H and O–H groups in total. The molecule has 1 aromatic carbocycles. The predicted octanol–water partition coefficient (Wildman–Crippen LogP) is 2.13. The Balaban J connectivity index is 2.41. The molecule has 0 aliphatic rings. The van der Waals surface area contributed by atoms with Gasteiger partial charge in [0.05, 0.1) is 12.7 Å². The molecule has 1 amide bonds. The molecule has 0 bridgehead atoms. The first kappa shape index (κ1) is 17.2. The third-order valence-corrected chi connectivity index (χ3v) is 3.02. The highest BCUT2D eigenvalue weighted by Gasteiger charge is 2.12. The zero-order valence-electron chi connectivity index (χ0n) is 12.2. The molecule has 0 aliphatic heterocycles. The average Bonchev–Trinajstić information content (AvgIpc) is 2.49. The highest BCUT2D eigenvalue weighted by Crippen LogP contribution is 2.15. The second kappa shape index (κ2) is 9.12. The maximum Gasteiger partial charge on any atom is 0.272 e. The number of hydrogen-bond acceptors (Lipinski definition) is 3. The summed E-state index contributed by atoms with van der Waals surface area (Å²) in [6, 6.07) is 4.01. The molecule has 5 nitrogen and oxygen atoms in total. The monoisotopic (exact) mass is 313 g/mol. The van der Waals surface area contributed by atoms with Crippen molar-refractivity contribution in [1.29, 1.82) is 0 Å². The molecule has 116 valence electrons. The maximum atomic E-state index is 13.7. The Hall–Kier alpha value is -1.89. The largest absolute Gasteiger partial charge is 0.497 e. The van der Waals surface area contributed by atoms with Crippen LogP contribution in [-0.4, -0.2) is 24.7 Å². The van der Waals surface area contributed by atoms with Gasteiger partial charge in [0.2, 0.25) is 0 Å². The van der Waals surface area contributed by atoms with Crippen molar-refractivity contribution in [2.45, 2.75) is 26.2 Å². The number of ether oxygens (including phenoxy) is 1. The lowest BCUT2D eigenvalue weighted by Gasteiger charge is -2.12. The van der Waals surface area contributed by atoms with E-state index in [2.05, 4.69) is 23.1 Å². The topological polar surface area (TPSA) is 62.4 Å². The van der Waals surface area contributed by atoms with E-state index in [1.54, 1.807) is 0 Å². The first-order valence-corrected chi connectivity index (χ1v) is 7.17. The number of hydrogen-bond donors (Lipinski definition) is 3. The van der Waals surface area contributed by atoms with Crippen LogP contribution in [0.4, 0.5) is 4.39 Å². The van der Waals surface area contributed by atoms with E-state index in [0.29, 0.717) is 10.9 Å². The Labute approximate surface area is 129 Å². The average molecular weight is 313 g/mol. The number of thiocarbonyl (C=S) groups is 1. The Morgan fingerprint density at radius 3 is 2.71 bits per heavy atom. The van der Waals surface area contributed by atoms with Crippen molar-refractivity contribution in [3.63, 3.8) is 0 Å². The van der Waals surface area contributed by atoms with E-state index in [0.717, 1.165) is 31.9 Å². The van der Waals surface area contributed by atoms with Crippen LogP contribution in [0, 0.1) is 5.82 Å². The summed E-state index contributed by atoms with van der Waals surface area (Å²) in [4.78, 5) is 11.8. The molecule has 0 unspecified atom stereocenters. The molecule has 0 aromatic heterocycles. The minimum atomic E-state index is -0.657. The van der Waals surface area contributed by atoms with Crippen molar-refractivity contribution < 1.29 is 13.9 Å². The lowest BCUT2D eigenvalue weighted by atomic mass is 10.2. The number of unbranched alkanes of at least 4 members (excludes halogenated alkanes) is 2. The molecule has 7 heteroatoms. The molecule has 0 spiro atoms. The summed E-state index contributed by atoms with van der Waals surface area (Å²) in [5.74, 6) is -0.909.